The lowest BCUT2D eigenvalue weighted by atomic mass is 9.97. The summed E-state index contributed by atoms with van der Waals surface area (Å²) in [5.41, 5.74) is 3.88. The minimum absolute atomic E-state index is 0.418. The summed E-state index contributed by atoms with van der Waals surface area (Å²) in [7, 11) is 0. The zero-order valence-corrected chi connectivity index (χ0v) is 24.8. The summed E-state index contributed by atoms with van der Waals surface area (Å²) in [6.07, 6.45) is 3.15. The molecule has 0 aliphatic carbocycles. The Morgan fingerprint density at radius 2 is 1.75 bits per heavy atom. The lowest BCUT2D eigenvalue weighted by Crippen LogP contribution is -2.35. The van der Waals surface area contributed by atoms with Crippen LogP contribution in [-0.2, 0) is 12.7 Å². The number of hydrogen-bond acceptors (Lipinski definition) is 6. The Kier molecular flexibility index (Phi) is 9.87. The van der Waals surface area contributed by atoms with Gasteiger partial charge in [0, 0.05) is 31.1 Å². The van der Waals surface area contributed by atoms with Crippen molar-refractivity contribution in [3.63, 3.8) is 0 Å². The predicted octanol–water partition coefficient (Wildman–Crippen LogP) is 7.86. The molecule has 3 aromatic rings. The summed E-state index contributed by atoms with van der Waals surface area (Å²) in [6, 6.07) is 10.3. The SMILES string of the molecule is CSCCOc1cnc(N(Cc2cc(C)ccc2N2CCC(C)CC2)C(C)c2cc(C)cc(C(F)(F)F)c2)nc1. The first-order valence-corrected chi connectivity index (χ1v) is 15.2. The normalized spacial score (nSPS) is 15.2. The van der Waals surface area contributed by atoms with Crippen molar-refractivity contribution in [1.82, 2.24) is 9.97 Å². The molecule has 1 aliphatic rings. The van der Waals surface area contributed by atoms with Crippen LogP contribution >= 0.6 is 11.8 Å². The highest BCUT2D eigenvalue weighted by Gasteiger charge is 2.32. The van der Waals surface area contributed by atoms with Gasteiger partial charge < -0.3 is 14.5 Å². The van der Waals surface area contributed by atoms with Crippen molar-refractivity contribution in [2.45, 2.75) is 59.3 Å². The second-order valence-electron chi connectivity index (χ2n) is 10.8. The number of piperidine rings is 1. The van der Waals surface area contributed by atoms with Gasteiger partial charge in [0.05, 0.1) is 30.6 Å². The average molecular weight is 573 g/mol. The van der Waals surface area contributed by atoms with E-state index in [4.69, 9.17) is 4.74 Å². The first-order valence-electron chi connectivity index (χ1n) is 13.8. The number of ether oxygens (including phenoxy) is 1. The van der Waals surface area contributed by atoms with E-state index in [1.165, 1.54) is 12.1 Å². The van der Waals surface area contributed by atoms with Crippen LogP contribution in [0.25, 0.3) is 0 Å². The minimum atomic E-state index is -4.42. The van der Waals surface area contributed by atoms with E-state index < -0.39 is 17.8 Å². The maximum Gasteiger partial charge on any atom is 0.416 e. The number of alkyl halides is 3. The number of anilines is 2. The number of rotatable bonds is 10. The topological polar surface area (TPSA) is 41.5 Å². The third kappa shape index (κ3) is 7.62. The largest absolute Gasteiger partial charge is 0.489 e. The third-order valence-electron chi connectivity index (χ3n) is 7.50. The van der Waals surface area contributed by atoms with Gasteiger partial charge in [0.1, 0.15) is 0 Å². The van der Waals surface area contributed by atoms with Gasteiger partial charge in [-0.3, -0.25) is 0 Å². The number of thioether (sulfide) groups is 1. The van der Waals surface area contributed by atoms with Gasteiger partial charge in [0.15, 0.2) is 5.75 Å². The Hall–Kier alpha value is -2.94. The standard InChI is InChI=1S/C31H39F3N4OS/c1-21-8-10-37(11-9-21)29-7-6-22(2)14-26(29)20-38(30-35-18-28(19-36-30)39-12-13-40-5)24(4)25-15-23(3)16-27(17-25)31(32,33)34/h6-7,14-19,21,24H,8-13,20H2,1-5H3. The summed E-state index contributed by atoms with van der Waals surface area (Å²) in [5.74, 6) is 2.57. The molecule has 1 saturated heterocycles. The first-order chi connectivity index (χ1) is 19.0. The molecule has 1 unspecified atom stereocenters. The van der Waals surface area contributed by atoms with Crippen LogP contribution < -0.4 is 14.5 Å². The van der Waals surface area contributed by atoms with Gasteiger partial charge >= 0.3 is 6.18 Å². The van der Waals surface area contributed by atoms with Crippen molar-refractivity contribution < 1.29 is 17.9 Å². The Morgan fingerprint density at radius 1 is 1.05 bits per heavy atom. The Bertz CT molecular complexity index is 1260. The summed E-state index contributed by atoms with van der Waals surface area (Å²) in [6.45, 7) is 10.9. The van der Waals surface area contributed by atoms with Crippen molar-refractivity contribution in [2.75, 3.05) is 41.5 Å². The molecule has 1 atom stereocenters. The highest BCUT2D eigenvalue weighted by Crippen LogP contribution is 2.36. The van der Waals surface area contributed by atoms with Crippen LogP contribution in [0.15, 0.2) is 48.8 Å². The van der Waals surface area contributed by atoms with E-state index in [9.17, 15) is 13.2 Å². The van der Waals surface area contributed by atoms with Crippen LogP contribution in [0.2, 0.25) is 0 Å². The molecule has 216 valence electrons. The number of benzene rings is 2. The molecule has 0 N–H and O–H groups in total. The highest BCUT2D eigenvalue weighted by atomic mass is 32.2. The van der Waals surface area contributed by atoms with Crippen LogP contribution in [0.4, 0.5) is 24.8 Å². The van der Waals surface area contributed by atoms with Crippen molar-refractivity contribution in [3.05, 3.63) is 76.6 Å². The van der Waals surface area contributed by atoms with Gasteiger partial charge in [-0.1, -0.05) is 36.2 Å². The zero-order valence-electron chi connectivity index (χ0n) is 24.0. The average Bonchev–Trinajstić information content (AvgIpc) is 2.92. The van der Waals surface area contributed by atoms with Gasteiger partial charge in [-0.15, -0.1) is 0 Å². The Morgan fingerprint density at radius 3 is 2.40 bits per heavy atom. The molecule has 1 aliphatic heterocycles. The second-order valence-corrected chi connectivity index (χ2v) is 11.8. The monoisotopic (exact) mass is 572 g/mol. The highest BCUT2D eigenvalue weighted by molar-refractivity contribution is 7.98. The summed E-state index contributed by atoms with van der Waals surface area (Å²) < 4.78 is 46.9. The van der Waals surface area contributed by atoms with Crippen LogP contribution in [0.3, 0.4) is 0 Å². The van der Waals surface area contributed by atoms with E-state index in [-0.39, 0.29) is 0 Å². The molecule has 0 bridgehead atoms. The van der Waals surface area contributed by atoms with Gasteiger partial charge in [-0.25, -0.2) is 9.97 Å². The van der Waals surface area contributed by atoms with E-state index in [1.807, 2.05) is 24.1 Å². The summed E-state index contributed by atoms with van der Waals surface area (Å²) >= 11 is 1.69. The molecule has 0 amide bonds. The zero-order chi connectivity index (χ0) is 28.9. The minimum Gasteiger partial charge on any atom is -0.489 e. The van der Waals surface area contributed by atoms with E-state index >= 15 is 0 Å². The van der Waals surface area contributed by atoms with Crippen molar-refractivity contribution in [3.8, 4) is 5.75 Å². The summed E-state index contributed by atoms with van der Waals surface area (Å²) in [4.78, 5) is 13.6. The first kappa shape index (κ1) is 30.0. The molecule has 5 nitrogen and oxygen atoms in total. The van der Waals surface area contributed by atoms with Crippen molar-refractivity contribution in [2.24, 2.45) is 5.92 Å². The van der Waals surface area contributed by atoms with Crippen LogP contribution in [0.5, 0.6) is 5.75 Å². The van der Waals surface area contributed by atoms with Gasteiger partial charge in [-0.05, 0) is 75.1 Å². The molecular weight excluding hydrogens is 533 g/mol. The molecule has 40 heavy (non-hydrogen) atoms. The Labute approximate surface area is 240 Å². The van der Waals surface area contributed by atoms with Crippen LogP contribution in [-0.4, -0.2) is 41.7 Å². The third-order valence-corrected chi connectivity index (χ3v) is 8.08. The van der Waals surface area contributed by atoms with E-state index in [0.717, 1.165) is 48.5 Å². The molecule has 2 heterocycles. The van der Waals surface area contributed by atoms with Gasteiger partial charge in [0.25, 0.3) is 0 Å². The lowest BCUT2D eigenvalue weighted by molar-refractivity contribution is -0.137. The number of aromatic nitrogens is 2. The molecular formula is C31H39F3N4OS. The maximum absolute atomic E-state index is 13.7. The van der Waals surface area contributed by atoms with E-state index in [1.54, 1.807) is 31.1 Å². The second kappa shape index (κ2) is 13.1. The van der Waals surface area contributed by atoms with Gasteiger partial charge in [-0.2, -0.15) is 24.9 Å². The molecule has 1 aromatic heterocycles. The Balaban J connectivity index is 1.72. The van der Waals surface area contributed by atoms with Crippen LogP contribution in [0.1, 0.15) is 60.5 Å². The van der Waals surface area contributed by atoms with Crippen molar-refractivity contribution in [1.29, 1.82) is 0 Å². The molecule has 0 spiro atoms. The van der Waals surface area contributed by atoms with Gasteiger partial charge in [0.2, 0.25) is 5.95 Å². The number of hydrogen-bond donors (Lipinski definition) is 0. The molecule has 9 heteroatoms. The smallest absolute Gasteiger partial charge is 0.416 e. The fraction of sp³-hybridized carbons (Fsp3) is 0.484. The number of halogens is 3. The summed E-state index contributed by atoms with van der Waals surface area (Å²) in [5, 5.41) is 0. The maximum atomic E-state index is 13.7. The fourth-order valence-corrected chi connectivity index (χ4v) is 5.39. The van der Waals surface area contributed by atoms with Crippen molar-refractivity contribution >= 4 is 23.4 Å². The van der Waals surface area contributed by atoms with E-state index in [2.05, 4.69) is 46.9 Å². The molecule has 0 saturated carbocycles. The lowest BCUT2D eigenvalue weighted by Gasteiger charge is -2.36. The number of nitrogens with zero attached hydrogens (tertiary/aromatic N) is 4. The molecule has 2 aromatic carbocycles. The molecule has 4 rings (SSSR count). The molecule has 1 fully saturated rings. The fourth-order valence-electron chi connectivity index (χ4n) is 5.14. The quantitative estimate of drug-likeness (QED) is 0.231. The van der Waals surface area contributed by atoms with E-state index in [0.29, 0.717) is 41.9 Å². The van der Waals surface area contributed by atoms with Crippen LogP contribution in [0, 0.1) is 19.8 Å². The molecule has 0 radical (unpaired) electrons. The predicted molar refractivity (Wildman–Crippen MR) is 158 cm³/mol. The number of aryl methyl sites for hydroxylation is 2.